The first-order valence-corrected chi connectivity index (χ1v) is 9.99. The van der Waals surface area contributed by atoms with Crippen molar-refractivity contribution in [2.75, 3.05) is 19.6 Å². The topological polar surface area (TPSA) is 49.7 Å². The van der Waals surface area contributed by atoms with Crippen molar-refractivity contribution >= 4 is 22.1 Å². The van der Waals surface area contributed by atoms with Crippen LogP contribution in [0.2, 0.25) is 0 Å². The second-order valence-corrected chi connectivity index (χ2v) is 7.48. The summed E-state index contributed by atoms with van der Waals surface area (Å²) >= 11 is 0. The number of H-pyrrole nitrogens is 1. The number of hydrogen-bond acceptors (Lipinski definition) is 3. The molecule has 1 saturated heterocycles. The van der Waals surface area contributed by atoms with Gasteiger partial charge < -0.3 is 14.5 Å². The maximum absolute atomic E-state index is 4.41. The molecule has 27 heavy (non-hydrogen) atoms. The van der Waals surface area contributed by atoms with Crippen LogP contribution in [0.1, 0.15) is 25.7 Å². The van der Waals surface area contributed by atoms with Crippen molar-refractivity contribution in [3.8, 4) is 11.3 Å². The molecule has 0 spiro atoms. The summed E-state index contributed by atoms with van der Waals surface area (Å²) in [5.74, 6) is 0. The Morgan fingerprint density at radius 1 is 0.963 bits per heavy atom. The third-order valence-electron chi connectivity index (χ3n) is 5.66. The Morgan fingerprint density at radius 2 is 1.81 bits per heavy atom. The van der Waals surface area contributed by atoms with Gasteiger partial charge in [0.1, 0.15) is 5.52 Å². The molecule has 138 valence electrons. The molecule has 4 aromatic rings. The fraction of sp³-hybridized carbons (Fsp3) is 0.364. The van der Waals surface area contributed by atoms with E-state index in [1.54, 1.807) is 12.4 Å². The summed E-state index contributed by atoms with van der Waals surface area (Å²) in [5.41, 5.74) is 5.36. The lowest BCUT2D eigenvalue weighted by Crippen LogP contribution is -2.31. The van der Waals surface area contributed by atoms with Gasteiger partial charge in [0.15, 0.2) is 5.65 Å². The minimum absolute atomic E-state index is 0.842. The number of likely N-dealkylation sites (tertiary alicyclic amines) is 1. The molecule has 0 radical (unpaired) electrons. The van der Waals surface area contributed by atoms with Crippen LogP contribution in [0.15, 0.2) is 48.9 Å². The molecule has 0 bridgehead atoms. The molecule has 0 amide bonds. The summed E-state index contributed by atoms with van der Waals surface area (Å²) in [4.78, 5) is 14.8. The number of para-hydroxylation sites is 1. The molecule has 0 saturated carbocycles. The van der Waals surface area contributed by atoms with E-state index in [2.05, 4.69) is 60.9 Å². The van der Waals surface area contributed by atoms with Gasteiger partial charge in [-0.15, -0.1) is 0 Å². The van der Waals surface area contributed by atoms with Crippen molar-refractivity contribution in [1.82, 2.24) is 24.4 Å². The van der Waals surface area contributed by atoms with Gasteiger partial charge in [-0.1, -0.05) is 24.6 Å². The first-order valence-electron chi connectivity index (χ1n) is 9.99. The maximum atomic E-state index is 4.41. The van der Waals surface area contributed by atoms with E-state index < -0.39 is 0 Å². The fourth-order valence-corrected chi connectivity index (χ4v) is 4.29. The van der Waals surface area contributed by atoms with Crippen molar-refractivity contribution in [3.63, 3.8) is 0 Å². The molecule has 0 unspecified atom stereocenters. The zero-order chi connectivity index (χ0) is 18.1. The molecule has 5 rings (SSSR count). The number of aryl methyl sites for hydroxylation is 1. The SMILES string of the molecule is c1ccc2c(c1)c(-c1cc3nccnc3[nH]1)cn2CCCN1CCCCC1. The van der Waals surface area contributed by atoms with E-state index in [1.165, 1.54) is 61.8 Å². The third-order valence-corrected chi connectivity index (χ3v) is 5.66. The Balaban J connectivity index is 1.43. The van der Waals surface area contributed by atoms with Crippen LogP contribution in [0.3, 0.4) is 0 Å². The average molecular weight is 359 g/mol. The van der Waals surface area contributed by atoms with Gasteiger partial charge >= 0.3 is 0 Å². The molecular formula is C22H25N5. The molecule has 0 aliphatic carbocycles. The van der Waals surface area contributed by atoms with Crippen LogP contribution in [-0.4, -0.2) is 44.1 Å². The molecule has 4 heterocycles. The van der Waals surface area contributed by atoms with Crippen LogP contribution in [0.5, 0.6) is 0 Å². The lowest BCUT2D eigenvalue weighted by atomic mass is 10.1. The van der Waals surface area contributed by atoms with Crippen LogP contribution in [-0.2, 0) is 6.54 Å². The fourth-order valence-electron chi connectivity index (χ4n) is 4.29. The molecule has 1 aliphatic heterocycles. The van der Waals surface area contributed by atoms with Gasteiger partial charge in [0.25, 0.3) is 0 Å². The quantitative estimate of drug-likeness (QED) is 0.572. The second-order valence-electron chi connectivity index (χ2n) is 7.48. The van der Waals surface area contributed by atoms with Crippen molar-refractivity contribution in [2.45, 2.75) is 32.2 Å². The smallest absolute Gasteiger partial charge is 0.156 e. The highest BCUT2D eigenvalue weighted by Gasteiger charge is 2.14. The number of aromatic nitrogens is 4. The zero-order valence-corrected chi connectivity index (χ0v) is 15.6. The van der Waals surface area contributed by atoms with E-state index in [9.17, 15) is 0 Å². The molecule has 0 atom stereocenters. The number of aromatic amines is 1. The Labute approximate surface area is 159 Å². The summed E-state index contributed by atoms with van der Waals surface area (Å²) in [7, 11) is 0. The van der Waals surface area contributed by atoms with Crippen molar-refractivity contribution in [3.05, 3.63) is 48.9 Å². The number of nitrogens with zero attached hydrogens (tertiary/aromatic N) is 4. The normalized spacial score (nSPS) is 15.7. The highest BCUT2D eigenvalue weighted by molar-refractivity contribution is 5.97. The molecule has 3 aromatic heterocycles. The number of hydrogen-bond donors (Lipinski definition) is 1. The van der Waals surface area contributed by atoms with Gasteiger partial charge in [-0.05, 0) is 51.0 Å². The monoisotopic (exact) mass is 359 g/mol. The van der Waals surface area contributed by atoms with Crippen molar-refractivity contribution in [2.24, 2.45) is 0 Å². The maximum Gasteiger partial charge on any atom is 0.156 e. The standard InChI is InChI=1S/C22H25N5/c1-4-11-26(12-5-1)13-6-14-27-16-18(17-7-2-3-8-21(17)27)19-15-20-22(25-19)24-10-9-23-20/h2-3,7-10,15-16H,1,4-6,11-14H2,(H,24,25). The summed E-state index contributed by atoms with van der Waals surface area (Å²) in [6, 6.07) is 10.8. The predicted octanol–water partition coefficient (Wildman–Crippen LogP) is 4.46. The Bertz CT molecular complexity index is 1020. The number of rotatable bonds is 5. The lowest BCUT2D eigenvalue weighted by Gasteiger charge is -2.26. The lowest BCUT2D eigenvalue weighted by molar-refractivity contribution is 0.223. The van der Waals surface area contributed by atoms with Crippen molar-refractivity contribution in [1.29, 1.82) is 0 Å². The molecule has 5 nitrogen and oxygen atoms in total. The minimum Gasteiger partial charge on any atom is -0.347 e. The second kappa shape index (κ2) is 7.16. The largest absolute Gasteiger partial charge is 0.347 e. The third kappa shape index (κ3) is 3.23. The van der Waals surface area contributed by atoms with Gasteiger partial charge in [-0.3, -0.25) is 4.98 Å². The van der Waals surface area contributed by atoms with Gasteiger partial charge in [0.2, 0.25) is 0 Å². The Hall–Kier alpha value is -2.66. The van der Waals surface area contributed by atoms with Crippen LogP contribution in [0, 0.1) is 0 Å². The van der Waals surface area contributed by atoms with Crippen LogP contribution in [0.25, 0.3) is 33.3 Å². The first-order chi connectivity index (χ1) is 13.4. The van der Waals surface area contributed by atoms with E-state index in [4.69, 9.17) is 0 Å². The molecule has 1 fully saturated rings. The minimum atomic E-state index is 0.842. The van der Waals surface area contributed by atoms with Crippen molar-refractivity contribution < 1.29 is 0 Å². The predicted molar refractivity (Wildman–Crippen MR) is 110 cm³/mol. The number of benzene rings is 1. The summed E-state index contributed by atoms with van der Waals surface area (Å²) in [6.45, 7) is 4.79. The first kappa shape index (κ1) is 16.5. The number of nitrogens with one attached hydrogen (secondary N) is 1. The van der Waals surface area contributed by atoms with E-state index in [-0.39, 0.29) is 0 Å². The van der Waals surface area contributed by atoms with E-state index in [0.717, 1.165) is 23.4 Å². The summed E-state index contributed by atoms with van der Waals surface area (Å²) in [6.07, 6.45) is 11.1. The molecule has 1 aliphatic rings. The summed E-state index contributed by atoms with van der Waals surface area (Å²) in [5, 5.41) is 1.28. The van der Waals surface area contributed by atoms with Gasteiger partial charge in [-0.2, -0.15) is 0 Å². The number of fused-ring (bicyclic) bond motifs is 2. The van der Waals surface area contributed by atoms with Gasteiger partial charge in [-0.25, -0.2) is 4.98 Å². The highest BCUT2D eigenvalue weighted by Crippen LogP contribution is 2.31. The van der Waals surface area contributed by atoms with Gasteiger partial charge in [0.05, 0.1) is 5.69 Å². The number of piperidine rings is 1. The average Bonchev–Trinajstić information content (AvgIpc) is 3.30. The summed E-state index contributed by atoms with van der Waals surface area (Å²) < 4.78 is 2.40. The molecule has 5 heteroatoms. The Morgan fingerprint density at radius 3 is 2.70 bits per heavy atom. The zero-order valence-electron chi connectivity index (χ0n) is 15.6. The van der Waals surface area contributed by atoms with Gasteiger partial charge in [0, 0.05) is 41.6 Å². The highest BCUT2D eigenvalue weighted by atomic mass is 15.1. The molecular weight excluding hydrogens is 334 g/mol. The van der Waals surface area contributed by atoms with Crippen LogP contribution < -0.4 is 0 Å². The van der Waals surface area contributed by atoms with Crippen LogP contribution in [0.4, 0.5) is 0 Å². The Kier molecular flexibility index (Phi) is 4.38. The van der Waals surface area contributed by atoms with Crippen LogP contribution >= 0.6 is 0 Å². The van der Waals surface area contributed by atoms with E-state index >= 15 is 0 Å². The molecule has 1 N–H and O–H groups in total. The van der Waals surface area contributed by atoms with E-state index in [0.29, 0.717) is 0 Å². The van der Waals surface area contributed by atoms with E-state index in [1.807, 2.05) is 0 Å². The molecule has 1 aromatic carbocycles.